The number of likely N-dealkylation sites (tertiary alicyclic amines) is 1. The van der Waals surface area contributed by atoms with Gasteiger partial charge in [0.2, 0.25) is 0 Å². The van der Waals surface area contributed by atoms with Crippen LogP contribution in [-0.2, 0) is 15.0 Å². The van der Waals surface area contributed by atoms with Crippen molar-refractivity contribution in [3.63, 3.8) is 0 Å². The molecule has 0 aromatic heterocycles. The van der Waals surface area contributed by atoms with Crippen molar-refractivity contribution in [3.8, 4) is 5.75 Å². The summed E-state index contributed by atoms with van der Waals surface area (Å²) in [5.74, 6) is 0.590. The van der Waals surface area contributed by atoms with Crippen LogP contribution in [0.1, 0.15) is 18.4 Å². The Morgan fingerprint density at radius 3 is 2.38 bits per heavy atom. The number of piperidine rings is 1. The number of hydrogen-bond acceptors (Lipinski definition) is 4. The van der Waals surface area contributed by atoms with Gasteiger partial charge in [0.25, 0.3) is 16.1 Å². The third-order valence-electron chi connectivity index (χ3n) is 4.03. The zero-order valence-electron chi connectivity index (χ0n) is 14.4. The highest BCUT2D eigenvalue weighted by Gasteiger charge is 2.26. The molecule has 0 atom stereocenters. The van der Waals surface area contributed by atoms with Crippen molar-refractivity contribution in [1.82, 2.24) is 13.9 Å². The molecule has 0 spiro atoms. The fourth-order valence-electron chi connectivity index (χ4n) is 2.43. The van der Waals surface area contributed by atoms with E-state index in [-0.39, 0.29) is 18.6 Å². The van der Waals surface area contributed by atoms with Gasteiger partial charge in [-0.25, -0.2) is 0 Å². The van der Waals surface area contributed by atoms with E-state index >= 15 is 0 Å². The molecule has 1 aliphatic rings. The lowest BCUT2D eigenvalue weighted by Gasteiger charge is -2.32. The fourth-order valence-corrected chi connectivity index (χ4v) is 3.30. The van der Waals surface area contributed by atoms with Crippen LogP contribution in [0.4, 0.5) is 0 Å². The Labute approximate surface area is 143 Å². The molecule has 0 bridgehead atoms. The first-order chi connectivity index (χ1) is 11.3. The number of carbonyl (C=O) groups excluding carboxylic acids is 1. The molecule has 0 saturated carbocycles. The molecular weight excluding hydrogens is 330 g/mol. The molecule has 1 fully saturated rings. The molecule has 8 heteroatoms. The molecule has 1 amide bonds. The predicted octanol–water partition coefficient (Wildman–Crippen LogP) is 0.761. The lowest BCUT2D eigenvalue weighted by molar-refractivity contribution is -0.134. The van der Waals surface area contributed by atoms with Gasteiger partial charge in [-0.05, 0) is 31.9 Å². The Morgan fingerprint density at radius 2 is 1.83 bits per heavy atom. The van der Waals surface area contributed by atoms with Crippen LogP contribution in [0.2, 0.25) is 0 Å². The summed E-state index contributed by atoms with van der Waals surface area (Å²) >= 11 is 0. The number of carbonyl (C=O) groups is 1. The van der Waals surface area contributed by atoms with E-state index in [1.165, 1.54) is 14.1 Å². The predicted molar refractivity (Wildman–Crippen MR) is 92.0 cm³/mol. The molecule has 1 heterocycles. The molecule has 134 valence electrons. The van der Waals surface area contributed by atoms with Crippen LogP contribution in [0.15, 0.2) is 24.3 Å². The van der Waals surface area contributed by atoms with E-state index in [2.05, 4.69) is 4.72 Å². The van der Waals surface area contributed by atoms with Crippen LogP contribution in [0.25, 0.3) is 0 Å². The normalized spacial score (nSPS) is 16.4. The quantitative estimate of drug-likeness (QED) is 0.817. The van der Waals surface area contributed by atoms with Crippen molar-refractivity contribution < 1.29 is 17.9 Å². The average Bonchev–Trinajstić information content (AvgIpc) is 2.54. The molecule has 1 aromatic rings. The minimum absolute atomic E-state index is 0.00282. The first-order valence-corrected chi connectivity index (χ1v) is 9.39. The van der Waals surface area contributed by atoms with Gasteiger partial charge >= 0.3 is 0 Å². The molecule has 1 saturated heterocycles. The second-order valence-corrected chi connectivity index (χ2v) is 8.08. The highest BCUT2D eigenvalue weighted by atomic mass is 32.2. The van der Waals surface area contributed by atoms with Gasteiger partial charge in [0.05, 0.1) is 0 Å². The van der Waals surface area contributed by atoms with Gasteiger partial charge in [-0.15, -0.1) is 0 Å². The van der Waals surface area contributed by atoms with Crippen LogP contribution in [-0.4, -0.2) is 63.4 Å². The van der Waals surface area contributed by atoms with Crippen LogP contribution in [0, 0.1) is 6.92 Å². The van der Waals surface area contributed by atoms with Gasteiger partial charge in [-0.2, -0.15) is 17.4 Å². The van der Waals surface area contributed by atoms with Crippen LogP contribution >= 0.6 is 0 Å². The molecule has 7 nitrogen and oxygen atoms in total. The number of rotatable bonds is 6. The molecule has 24 heavy (non-hydrogen) atoms. The van der Waals surface area contributed by atoms with Crippen LogP contribution in [0.3, 0.4) is 0 Å². The second-order valence-electron chi connectivity index (χ2n) is 6.16. The number of aryl methyl sites for hydroxylation is 1. The lowest BCUT2D eigenvalue weighted by Crippen LogP contribution is -2.49. The first-order valence-electron chi connectivity index (χ1n) is 7.95. The highest BCUT2D eigenvalue weighted by Crippen LogP contribution is 2.14. The monoisotopic (exact) mass is 355 g/mol. The molecular formula is C16H25N3O4S. The standard InChI is InChI=1S/C16H25N3O4S/c1-13-4-6-15(7-5-13)23-12-16(20)19-10-8-14(9-11-19)17-24(21,22)18(2)3/h4-7,14,17H,8-12H2,1-3H3. The van der Waals surface area contributed by atoms with Crippen molar-refractivity contribution in [2.45, 2.75) is 25.8 Å². The van der Waals surface area contributed by atoms with Gasteiger partial charge in [0, 0.05) is 33.2 Å². The Bertz CT molecular complexity index is 650. The van der Waals surface area contributed by atoms with Crippen molar-refractivity contribution in [3.05, 3.63) is 29.8 Å². The third kappa shape index (κ3) is 5.19. The number of nitrogens with one attached hydrogen (secondary N) is 1. The van der Waals surface area contributed by atoms with Gasteiger partial charge in [-0.3, -0.25) is 4.79 Å². The van der Waals surface area contributed by atoms with E-state index in [1.54, 1.807) is 4.90 Å². The van der Waals surface area contributed by atoms with Gasteiger partial charge in [-0.1, -0.05) is 17.7 Å². The van der Waals surface area contributed by atoms with Gasteiger partial charge in [0.1, 0.15) is 5.75 Å². The lowest BCUT2D eigenvalue weighted by atomic mass is 10.1. The van der Waals surface area contributed by atoms with Gasteiger partial charge < -0.3 is 9.64 Å². The summed E-state index contributed by atoms with van der Waals surface area (Å²) in [5.41, 5.74) is 1.14. The Morgan fingerprint density at radius 1 is 1.25 bits per heavy atom. The molecule has 1 aromatic carbocycles. The number of benzene rings is 1. The van der Waals surface area contributed by atoms with E-state index < -0.39 is 10.2 Å². The molecule has 0 unspecified atom stereocenters. The van der Waals surface area contributed by atoms with Crippen LogP contribution < -0.4 is 9.46 Å². The fraction of sp³-hybridized carbons (Fsp3) is 0.562. The maximum absolute atomic E-state index is 12.2. The second kappa shape index (κ2) is 7.96. The van der Waals surface area contributed by atoms with Crippen molar-refractivity contribution >= 4 is 16.1 Å². The topological polar surface area (TPSA) is 79.0 Å². The Balaban J connectivity index is 1.77. The first kappa shape index (κ1) is 18.7. The average molecular weight is 355 g/mol. The van der Waals surface area contributed by atoms with E-state index in [0.29, 0.717) is 31.7 Å². The minimum Gasteiger partial charge on any atom is -0.484 e. The summed E-state index contributed by atoms with van der Waals surface area (Å²) in [6.07, 6.45) is 1.20. The number of ether oxygens (including phenoxy) is 1. The van der Waals surface area contributed by atoms with E-state index in [1.807, 2.05) is 31.2 Å². The molecule has 0 radical (unpaired) electrons. The summed E-state index contributed by atoms with van der Waals surface area (Å²) in [6.45, 7) is 3.04. The Hall–Kier alpha value is -1.64. The molecule has 2 rings (SSSR count). The molecule has 1 N–H and O–H groups in total. The summed E-state index contributed by atoms with van der Waals surface area (Å²) < 4.78 is 32.9. The maximum Gasteiger partial charge on any atom is 0.279 e. The van der Waals surface area contributed by atoms with E-state index in [0.717, 1.165) is 9.87 Å². The van der Waals surface area contributed by atoms with Gasteiger partial charge in [0.15, 0.2) is 6.61 Å². The largest absolute Gasteiger partial charge is 0.484 e. The Kier molecular flexibility index (Phi) is 6.20. The zero-order valence-corrected chi connectivity index (χ0v) is 15.2. The van der Waals surface area contributed by atoms with Crippen molar-refractivity contribution in [2.75, 3.05) is 33.8 Å². The van der Waals surface area contributed by atoms with Crippen LogP contribution in [0.5, 0.6) is 5.75 Å². The van der Waals surface area contributed by atoms with E-state index in [9.17, 15) is 13.2 Å². The third-order valence-corrected chi connectivity index (χ3v) is 5.62. The number of nitrogens with zero attached hydrogens (tertiary/aromatic N) is 2. The number of hydrogen-bond donors (Lipinski definition) is 1. The smallest absolute Gasteiger partial charge is 0.279 e. The summed E-state index contributed by atoms with van der Waals surface area (Å²) in [5, 5.41) is 0. The maximum atomic E-state index is 12.2. The summed E-state index contributed by atoms with van der Waals surface area (Å²) in [4.78, 5) is 13.9. The minimum atomic E-state index is -3.43. The number of amides is 1. The summed E-state index contributed by atoms with van der Waals surface area (Å²) in [6, 6.07) is 7.40. The van der Waals surface area contributed by atoms with Crippen molar-refractivity contribution in [1.29, 1.82) is 0 Å². The SMILES string of the molecule is Cc1ccc(OCC(=O)N2CCC(NS(=O)(=O)N(C)C)CC2)cc1. The van der Waals surface area contributed by atoms with E-state index in [4.69, 9.17) is 4.74 Å². The van der Waals surface area contributed by atoms with Crippen molar-refractivity contribution in [2.24, 2.45) is 0 Å². The molecule has 1 aliphatic heterocycles. The summed E-state index contributed by atoms with van der Waals surface area (Å²) in [7, 11) is -0.451. The zero-order chi connectivity index (χ0) is 17.7. The molecule has 0 aliphatic carbocycles. The highest BCUT2D eigenvalue weighted by molar-refractivity contribution is 7.87.